The lowest BCUT2D eigenvalue weighted by atomic mass is 10.0. The third kappa shape index (κ3) is 3.31. The number of benzene rings is 1. The molecular weight excluding hydrogens is 188 g/mol. The standard InChI is InChI=1S/C13H18O2/c1-3-4-10-12(13(14)15-2)11-8-6-5-7-9-11/h5-9,14H,3-4,10H2,1-2H3/b13-12-. The van der Waals surface area contributed by atoms with E-state index in [1.165, 1.54) is 7.11 Å². The summed E-state index contributed by atoms with van der Waals surface area (Å²) in [6.45, 7) is 2.13. The van der Waals surface area contributed by atoms with E-state index in [4.69, 9.17) is 4.74 Å². The highest BCUT2D eigenvalue weighted by Crippen LogP contribution is 2.23. The van der Waals surface area contributed by atoms with E-state index in [1.54, 1.807) is 0 Å². The van der Waals surface area contributed by atoms with Gasteiger partial charge in [0.15, 0.2) is 0 Å². The molecule has 1 rings (SSSR count). The molecule has 1 aromatic rings. The van der Waals surface area contributed by atoms with Gasteiger partial charge in [-0.1, -0.05) is 43.7 Å². The Labute approximate surface area is 91.2 Å². The summed E-state index contributed by atoms with van der Waals surface area (Å²) in [6.07, 6.45) is 3.01. The first-order valence-electron chi connectivity index (χ1n) is 5.31. The minimum atomic E-state index is 0.0367. The molecule has 0 bridgehead atoms. The molecule has 82 valence electrons. The lowest BCUT2D eigenvalue weighted by Gasteiger charge is -2.09. The van der Waals surface area contributed by atoms with Crippen LogP contribution < -0.4 is 0 Å². The Kier molecular flexibility index (Phi) is 4.75. The van der Waals surface area contributed by atoms with Crippen molar-refractivity contribution in [2.45, 2.75) is 26.2 Å². The largest absolute Gasteiger partial charge is 0.481 e. The van der Waals surface area contributed by atoms with Gasteiger partial charge in [0, 0.05) is 5.57 Å². The predicted octanol–water partition coefficient (Wildman–Crippen LogP) is 3.75. The molecule has 0 radical (unpaired) electrons. The van der Waals surface area contributed by atoms with Gasteiger partial charge < -0.3 is 9.84 Å². The predicted molar refractivity (Wildman–Crippen MR) is 62.5 cm³/mol. The first-order chi connectivity index (χ1) is 7.29. The molecule has 0 atom stereocenters. The molecule has 2 heteroatoms. The lowest BCUT2D eigenvalue weighted by Crippen LogP contribution is -1.94. The summed E-state index contributed by atoms with van der Waals surface area (Å²) in [5.74, 6) is 0.0367. The molecule has 0 aliphatic heterocycles. The Balaban J connectivity index is 2.92. The van der Waals surface area contributed by atoms with Crippen molar-refractivity contribution in [3.8, 4) is 0 Å². The zero-order valence-electron chi connectivity index (χ0n) is 9.36. The number of unbranched alkanes of at least 4 members (excludes halogenated alkanes) is 1. The fourth-order valence-electron chi connectivity index (χ4n) is 1.49. The molecular formula is C13H18O2. The summed E-state index contributed by atoms with van der Waals surface area (Å²) < 4.78 is 4.90. The number of aliphatic hydroxyl groups excluding tert-OH is 1. The van der Waals surface area contributed by atoms with Crippen LogP contribution in [0, 0.1) is 0 Å². The summed E-state index contributed by atoms with van der Waals surface area (Å²) in [7, 11) is 1.49. The Bertz CT molecular complexity index is 315. The van der Waals surface area contributed by atoms with Crippen molar-refractivity contribution < 1.29 is 9.84 Å². The monoisotopic (exact) mass is 206 g/mol. The maximum atomic E-state index is 9.66. The Hall–Kier alpha value is -1.44. The van der Waals surface area contributed by atoms with Crippen molar-refractivity contribution in [1.82, 2.24) is 0 Å². The van der Waals surface area contributed by atoms with Crippen LogP contribution in [-0.2, 0) is 4.74 Å². The van der Waals surface area contributed by atoms with E-state index in [0.717, 1.165) is 30.4 Å². The van der Waals surface area contributed by atoms with Crippen molar-refractivity contribution >= 4 is 5.57 Å². The fraction of sp³-hybridized carbons (Fsp3) is 0.385. The summed E-state index contributed by atoms with van der Waals surface area (Å²) in [5, 5.41) is 9.66. The number of allylic oxidation sites excluding steroid dienone is 1. The molecule has 0 saturated heterocycles. The fourth-order valence-corrected chi connectivity index (χ4v) is 1.49. The maximum Gasteiger partial charge on any atom is 0.280 e. The Morgan fingerprint density at radius 2 is 1.93 bits per heavy atom. The number of rotatable bonds is 5. The van der Waals surface area contributed by atoms with Gasteiger partial charge >= 0.3 is 0 Å². The Morgan fingerprint density at radius 3 is 2.47 bits per heavy atom. The number of aliphatic hydroxyl groups is 1. The maximum absolute atomic E-state index is 9.66. The number of hydrogen-bond acceptors (Lipinski definition) is 2. The molecule has 0 aliphatic carbocycles. The minimum absolute atomic E-state index is 0.0367. The highest BCUT2D eigenvalue weighted by molar-refractivity contribution is 5.65. The average molecular weight is 206 g/mol. The summed E-state index contributed by atoms with van der Waals surface area (Å²) in [5.41, 5.74) is 1.92. The van der Waals surface area contributed by atoms with Gasteiger partial charge in [-0.05, 0) is 18.4 Å². The van der Waals surface area contributed by atoms with E-state index < -0.39 is 0 Å². The van der Waals surface area contributed by atoms with Crippen LogP contribution in [0.3, 0.4) is 0 Å². The second-order valence-electron chi connectivity index (χ2n) is 3.46. The molecule has 1 aromatic carbocycles. The van der Waals surface area contributed by atoms with E-state index in [9.17, 15) is 5.11 Å². The molecule has 0 amide bonds. The van der Waals surface area contributed by atoms with Crippen LogP contribution in [0.25, 0.3) is 5.57 Å². The SMILES string of the molecule is CCCC/C(=C(\O)OC)c1ccccc1. The van der Waals surface area contributed by atoms with Gasteiger partial charge in [-0.25, -0.2) is 0 Å². The first kappa shape index (κ1) is 11.6. The molecule has 0 fully saturated rings. The van der Waals surface area contributed by atoms with E-state index in [-0.39, 0.29) is 5.95 Å². The quantitative estimate of drug-likeness (QED) is 0.743. The van der Waals surface area contributed by atoms with Gasteiger partial charge in [0.05, 0.1) is 7.11 Å². The summed E-state index contributed by atoms with van der Waals surface area (Å²) in [4.78, 5) is 0. The van der Waals surface area contributed by atoms with Crippen molar-refractivity contribution in [2.24, 2.45) is 0 Å². The van der Waals surface area contributed by atoms with Crippen LogP contribution in [0.4, 0.5) is 0 Å². The molecule has 15 heavy (non-hydrogen) atoms. The lowest BCUT2D eigenvalue weighted by molar-refractivity contribution is 0.138. The molecule has 0 aromatic heterocycles. The topological polar surface area (TPSA) is 29.5 Å². The van der Waals surface area contributed by atoms with Gasteiger partial charge in [0.2, 0.25) is 0 Å². The van der Waals surface area contributed by atoms with Crippen molar-refractivity contribution in [1.29, 1.82) is 0 Å². The second-order valence-corrected chi connectivity index (χ2v) is 3.46. The normalized spacial score (nSPS) is 12.1. The van der Waals surface area contributed by atoms with E-state index in [1.807, 2.05) is 30.3 Å². The van der Waals surface area contributed by atoms with Gasteiger partial charge in [-0.2, -0.15) is 0 Å². The summed E-state index contributed by atoms with van der Waals surface area (Å²) >= 11 is 0. The van der Waals surface area contributed by atoms with Gasteiger partial charge in [-0.15, -0.1) is 0 Å². The van der Waals surface area contributed by atoms with Crippen LogP contribution >= 0.6 is 0 Å². The van der Waals surface area contributed by atoms with Gasteiger partial charge in [0.25, 0.3) is 5.95 Å². The highest BCUT2D eigenvalue weighted by atomic mass is 16.6. The van der Waals surface area contributed by atoms with Crippen molar-refractivity contribution in [2.75, 3.05) is 7.11 Å². The molecule has 0 heterocycles. The van der Waals surface area contributed by atoms with E-state index >= 15 is 0 Å². The number of hydrogen-bond donors (Lipinski definition) is 1. The van der Waals surface area contributed by atoms with Gasteiger partial charge in [0.1, 0.15) is 0 Å². The van der Waals surface area contributed by atoms with E-state index in [0.29, 0.717) is 0 Å². The van der Waals surface area contributed by atoms with Crippen LogP contribution in [0.2, 0.25) is 0 Å². The third-order valence-corrected chi connectivity index (χ3v) is 2.35. The molecule has 0 spiro atoms. The summed E-state index contributed by atoms with van der Waals surface area (Å²) in [6, 6.07) is 9.86. The molecule has 0 aliphatic rings. The van der Waals surface area contributed by atoms with Gasteiger partial charge in [-0.3, -0.25) is 0 Å². The smallest absolute Gasteiger partial charge is 0.280 e. The third-order valence-electron chi connectivity index (χ3n) is 2.35. The average Bonchev–Trinajstić information content (AvgIpc) is 2.30. The number of ether oxygens (including phenoxy) is 1. The number of methoxy groups -OCH3 is 1. The zero-order valence-corrected chi connectivity index (χ0v) is 9.36. The van der Waals surface area contributed by atoms with Crippen LogP contribution in [0.1, 0.15) is 31.7 Å². The molecule has 1 N–H and O–H groups in total. The van der Waals surface area contributed by atoms with E-state index in [2.05, 4.69) is 6.92 Å². The van der Waals surface area contributed by atoms with Crippen molar-refractivity contribution in [3.63, 3.8) is 0 Å². The van der Waals surface area contributed by atoms with Crippen LogP contribution in [0.15, 0.2) is 36.3 Å². The zero-order chi connectivity index (χ0) is 11.1. The molecule has 2 nitrogen and oxygen atoms in total. The molecule has 0 unspecified atom stereocenters. The molecule has 0 saturated carbocycles. The minimum Gasteiger partial charge on any atom is -0.481 e. The highest BCUT2D eigenvalue weighted by Gasteiger charge is 2.08. The van der Waals surface area contributed by atoms with Crippen LogP contribution in [0.5, 0.6) is 0 Å². The first-order valence-corrected chi connectivity index (χ1v) is 5.31. The van der Waals surface area contributed by atoms with Crippen molar-refractivity contribution in [3.05, 3.63) is 41.8 Å². The second kappa shape index (κ2) is 6.12. The Morgan fingerprint density at radius 1 is 1.27 bits per heavy atom. The van der Waals surface area contributed by atoms with Crippen LogP contribution in [-0.4, -0.2) is 12.2 Å².